The lowest BCUT2D eigenvalue weighted by molar-refractivity contribution is 0.536. The summed E-state index contributed by atoms with van der Waals surface area (Å²) in [6, 6.07) is 13.9. The first-order valence-electron chi connectivity index (χ1n) is 17.5. The molecule has 5 aromatic carbocycles. The molecule has 0 aliphatic rings. The van der Waals surface area contributed by atoms with Crippen LogP contribution in [0.4, 0.5) is 0 Å². The van der Waals surface area contributed by atoms with Gasteiger partial charge >= 0.3 is 0 Å². The van der Waals surface area contributed by atoms with Gasteiger partial charge in [-0.05, 0) is 48.9 Å². The van der Waals surface area contributed by atoms with Crippen LogP contribution in [0.1, 0.15) is 108 Å². The first-order chi connectivity index (χ1) is 22.4. The third-order valence-corrected chi connectivity index (χ3v) is 10.0. The van der Waals surface area contributed by atoms with E-state index in [0.29, 0.717) is 49.9 Å². The number of hydrogen-bond acceptors (Lipinski definition) is 4. The molecule has 6 rings (SSSR count). The molecule has 0 spiro atoms. The minimum atomic E-state index is -0.300. The number of unbranched alkanes of at least 4 members (excludes halogenated alkanes) is 13. The Morgan fingerprint density at radius 3 is 1.78 bits per heavy atom. The molecule has 1 N–H and O–H groups in total. The second kappa shape index (κ2) is 14.1. The third-order valence-electron chi connectivity index (χ3n) is 10.0. The summed E-state index contributed by atoms with van der Waals surface area (Å²) < 4.78 is 0. The van der Waals surface area contributed by atoms with Gasteiger partial charge < -0.3 is 4.98 Å². The van der Waals surface area contributed by atoms with E-state index in [0.717, 1.165) is 30.2 Å². The predicted octanol–water partition coefficient (Wildman–Crippen LogP) is 9.43. The molecule has 0 saturated carbocycles. The van der Waals surface area contributed by atoms with Gasteiger partial charge in [0.15, 0.2) is 21.7 Å². The quantitative estimate of drug-likeness (QED) is 0.0709. The molecule has 6 aromatic rings. The van der Waals surface area contributed by atoms with E-state index < -0.39 is 0 Å². The Balaban J connectivity index is 1.33. The van der Waals surface area contributed by atoms with E-state index in [1.807, 2.05) is 24.3 Å². The van der Waals surface area contributed by atoms with Gasteiger partial charge in [-0.25, -0.2) is 0 Å². The zero-order valence-electron chi connectivity index (χ0n) is 27.4. The summed E-state index contributed by atoms with van der Waals surface area (Å²) in [5, 5.41) is 3.67. The number of nitrogens with one attached hydrogen (secondary N) is 1. The van der Waals surface area contributed by atoms with E-state index in [4.69, 9.17) is 0 Å². The molecule has 0 radical (unpaired) electrons. The van der Waals surface area contributed by atoms with Crippen molar-refractivity contribution in [2.75, 3.05) is 0 Å². The van der Waals surface area contributed by atoms with Gasteiger partial charge in [-0.1, -0.05) is 121 Å². The van der Waals surface area contributed by atoms with Crippen LogP contribution >= 0.6 is 0 Å². The lowest BCUT2D eigenvalue weighted by Gasteiger charge is -2.15. The van der Waals surface area contributed by atoms with Gasteiger partial charge in [0.25, 0.3) is 0 Å². The molecule has 0 bridgehead atoms. The molecule has 1 aromatic heterocycles. The van der Waals surface area contributed by atoms with Gasteiger partial charge in [-0.3, -0.25) is 19.2 Å². The van der Waals surface area contributed by atoms with Crippen LogP contribution in [0.25, 0.3) is 54.1 Å². The van der Waals surface area contributed by atoms with Gasteiger partial charge in [0, 0.05) is 32.5 Å². The molecule has 238 valence electrons. The third kappa shape index (κ3) is 5.92. The highest BCUT2D eigenvalue weighted by atomic mass is 16.1. The maximum absolute atomic E-state index is 14.3. The van der Waals surface area contributed by atoms with Crippen molar-refractivity contribution in [1.82, 2.24) is 4.98 Å². The Morgan fingerprint density at radius 2 is 1.13 bits per heavy atom. The molecule has 46 heavy (non-hydrogen) atoms. The number of fused-ring (bicyclic) bond motifs is 9. The Bertz CT molecular complexity index is 2250. The highest BCUT2D eigenvalue weighted by molar-refractivity contribution is 6.33. The van der Waals surface area contributed by atoms with Gasteiger partial charge in [0.1, 0.15) is 0 Å². The monoisotopic (exact) mass is 615 g/mol. The van der Waals surface area contributed by atoms with Crippen molar-refractivity contribution in [2.24, 2.45) is 0 Å². The predicted molar refractivity (Wildman–Crippen MR) is 195 cm³/mol. The smallest absolute Gasteiger partial charge is 0.196 e. The van der Waals surface area contributed by atoms with Crippen LogP contribution in [0.15, 0.2) is 67.7 Å². The highest BCUT2D eigenvalue weighted by Gasteiger charge is 2.25. The van der Waals surface area contributed by atoms with Crippen molar-refractivity contribution in [3.63, 3.8) is 0 Å². The van der Waals surface area contributed by atoms with Crippen molar-refractivity contribution < 1.29 is 0 Å². The molecule has 0 amide bonds. The molecule has 0 atom stereocenters. The summed E-state index contributed by atoms with van der Waals surface area (Å²) in [4.78, 5) is 58.4. The summed E-state index contributed by atoms with van der Waals surface area (Å²) in [7, 11) is 0. The maximum Gasteiger partial charge on any atom is 0.196 e. The van der Waals surface area contributed by atoms with E-state index in [1.165, 1.54) is 82.8 Å². The second-order valence-electron chi connectivity index (χ2n) is 13.3. The van der Waals surface area contributed by atoms with Crippen LogP contribution in [-0.4, -0.2) is 4.98 Å². The lowest BCUT2D eigenvalue weighted by atomic mass is 9.87. The van der Waals surface area contributed by atoms with Crippen molar-refractivity contribution in [3.05, 3.63) is 101 Å². The SMILES string of the molecule is CCCCCCCCCCCCCCCCc1c2ccccc2c(=O)c2c3[nH]c4cccc(=O)c4c3c3c(=O)cc(C)c(=O)c3c12. The average molecular weight is 616 g/mol. The van der Waals surface area contributed by atoms with Gasteiger partial charge in [-0.2, -0.15) is 0 Å². The fraction of sp³-hybridized carbons (Fsp3) is 0.415. The Kier molecular flexibility index (Phi) is 9.77. The van der Waals surface area contributed by atoms with Crippen molar-refractivity contribution in [1.29, 1.82) is 0 Å². The van der Waals surface area contributed by atoms with Crippen LogP contribution in [0, 0.1) is 6.92 Å². The summed E-state index contributed by atoms with van der Waals surface area (Å²) >= 11 is 0. The molecule has 5 heteroatoms. The van der Waals surface area contributed by atoms with E-state index in [1.54, 1.807) is 19.1 Å². The number of aryl methyl sites for hydroxylation is 2. The summed E-state index contributed by atoms with van der Waals surface area (Å²) in [5.41, 5.74) is 1.34. The van der Waals surface area contributed by atoms with Gasteiger partial charge in [-0.15, -0.1) is 0 Å². The number of rotatable bonds is 15. The molecule has 0 aliphatic heterocycles. The van der Waals surface area contributed by atoms with Gasteiger partial charge in [0.05, 0.1) is 21.8 Å². The number of hydrogen-bond donors (Lipinski definition) is 1. The topological polar surface area (TPSA) is 84.1 Å². The number of H-pyrrole nitrogens is 1. The molecular weight excluding hydrogens is 570 g/mol. The molecule has 5 nitrogen and oxygen atoms in total. The molecule has 1 heterocycles. The molecule has 0 unspecified atom stereocenters. The fourth-order valence-electron chi connectivity index (χ4n) is 7.66. The van der Waals surface area contributed by atoms with Crippen molar-refractivity contribution in [3.8, 4) is 0 Å². The van der Waals surface area contributed by atoms with Crippen molar-refractivity contribution >= 4 is 54.1 Å². The highest BCUT2D eigenvalue weighted by Crippen LogP contribution is 2.38. The Hall–Kier alpha value is -4.12. The number of aromatic amines is 1. The van der Waals surface area contributed by atoms with Crippen LogP contribution in [0.3, 0.4) is 0 Å². The van der Waals surface area contributed by atoms with Crippen molar-refractivity contribution in [2.45, 2.75) is 110 Å². The van der Waals surface area contributed by atoms with Crippen LogP contribution in [0.2, 0.25) is 0 Å². The molecule has 0 saturated heterocycles. The van der Waals surface area contributed by atoms with E-state index >= 15 is 0 Å². The minimum absolute atomic E-state index is 0.186. The molecule has 0 fully saturated rings. The minimum Gasteiger partial charge on any atom is -0.354 e. The largest absolute Gasteiger partial charge is 0.354 e. The Labute approximate surface area is 269 Å². The summed E-state index contributed by atoms with van der Waals surface area (Å²) in [6.45, 7) is 3.92. The molecular formula is C41H45NO4. The first kappa shape index (κ1) is 31.8. The first-order valence-corrected chi connectivity index (χ1v) is 17.5. The van der Waals surface area contributed by atoms with E-state index in [-0.39, 0.29) is 32.5 Å². The van der Waals surface area contributed by atoms with Crippen LogP contribution in [-0.2, 0) is 6.42 Å². The zero-order valence-corrected chi connectivity index (χ0v) is 27.4. The van der Waals surface area contributed by atoms with Crippen LogP contribution < -0.4 is 21.7 Å². The fourth-order valence-corrected chi connectivity index (χ4v) is 7.66. The standard InChI is InChI=1S/C41H45NO4/c1-3-4-5-6-7-8-9-10-11-12-13-14-15-16-21-28-27-20-17-18-22-29(27)41(46)38-33(28)37-35(32(44)25-26(2)40(37)45)36-34-30(42-39(36)38)23-19-24-31(34)43/h17-20,22-25,42H,3-16,21H2,1-2H3. The number of benzene rings is 5. The second-order valence-corrected chi connectivity index (χ2v) is 13.3. The van der Waals surface area contributed by atoms with Crippen LogP contribution in [0.5, 0.6) is 0 Å². The summed E-state index contributed by atoms with van der Waals surface area (Å²) in [6.07, 6.45) is 18.5. The van der Waals surface area contributed by atoms with E-state index in [2.05, 4.69) is 11.9 Å². The maximum atomic E-state index is 14.3. The lowest BCUT2D eigenvalue weighted by Crippen LogP contribution is -2.17. The normalized spacial score (nSPS) is 12.0. The molecule has 0 aliphatic carbocycles. The Morgan fingerprint density at radius 1 is 0.522 bits per heavy atom. The summed E-state index contributed by atoms with van der Waals surface area (Å²) in [5.74, 6) is 0. The number of aromatic nitrogens is 1. The average Bonchev–Trinajstić information content (AvgIpc) is 3.45. The zero-order chi connectivity index (χ0) is 32.2. The van der Waals surface area contributed by atoms with E-state index in [9.17, 15) is 19.2 Å². The van der Waals surface area contributed by atoms with Gasteiger partial charge in [0.2, 0.25) is 0 Å².